The Kier molecular flexibility index (Phi) is 8.33. The molecule has 0 aliphatic carbocycles. The first-order valence-corrected chi connectivity index (χ1v) is 11.5. The summed E-state index contributed by atoms with van der Waals surface area (Å²) in [4.78, 5) is 12.0. The van der Waals surface area contributed by atoms with Crippen molar-refractivity contribution in [2.24, 2.45) is 0 Å². The van der Waals surface area contributed by atoms with Gasteiger partial charge in [-0.1, -0.05) is 41.9 Å². The van der Waals surface area contributed by atoms with E-state index in [2.05, 4.69) is 5.32 Å². The minimum atomic E-state index is -3.40. The molecule has 0 heterocycles. The summed E-state index contributed by atoms with van der Waals surface area (Å²) in [7, 11) is -3.40. The Bertz CT molecular complexity index is 883. The molecule has 2 rings (SSSR count). The van der Waals surface area contributed by atoms with Crippen LogP contribution in [0.15, 0.2) is 48.5 Å². The molecule has 0 aromatic heterocycles. The number of anilines is 1. The molecule has 1 amide bonds. The Hall–Kier alpha value is -2.05. The number of carbonyl (C=O) groups is 1. The van der Waals surface area contributed by atoms with Crippen LogP contribution in [0.1, 0.15) is 30.4 Å². The number of carbonyl (C=O) groups excluding carboxylic acids is 1. The van der Waals surface area contributed by atoms with Gasteiger partial charge in [-0.05, 0) is 55.5 Å². The molecule has 28 heavy (non-hydrogen) atoms. The molecule has 0 spiro atoms. The Labute approximate surface area is 172 Å². The van der Waals surface area contributed by atoms with Crippen LogP contribution in [0.3, 0.4) is 0 Å². The average Bonchev–Trinajstić information content (AvgIpc) is 2.64. The molecule has 0 unspecified atom stereocenters. The van der Waals surface area contributed by atoms with E-state index in [1.807, 2.05) is 49.4 Å². The fourth-order valence-corrected chi connectivity index (χ4v) is 4.10. The van der Waals surface area contributed by atoms with Crippen molar-refractivity contribution in [3.05, 3.63) is 64.7 Å². The van der Waals surface area contributed by atoms with Gasteiger partial charge in [-0.2, -0.15) is 0 Å². The highest BCUT2D eigenvalue weighted by molar-refractivity contribution is 7.92. The van der Waals surface area contributed by atoms with E-state index >= 15 is 0 Å². The molecule has 1 N–H and O–H groups in total. The van der Waals surface area contributed by atoms with Gasteiger partial charge in [0.2, 0.25) is 15.9 Å². The van der Waals surface area contributed by atoms with Crippen LogP contribution in [0.4, 0.5) is 5.69 Å². The third-order valence-electron chi connectivity index (χ3n) is 4.43. The van der Waals surface area contributed by atoms with E-state index in [-0.39, 0.29) is 12.5 Å². The molecular weight excluding hydrogens is 396 g/mol. The van der Waals surface area contributed by atoms with E-state index in [9.17, 15) is 13.2 Å². The minimum absolute atomic E-state index is 0.0608. The largest absolute Gasteiger partial charge is 0.356 e. The second-order valence-corrected chi connectivity index (χ2v) is 9.15. The lowest BCUT2D eigenvalue weighted by molar-refractivity contribution is -0.121. The zero-order chi connectivity index (χ0) is 20.6. The van der Waals surface area contributed by atoms with E-state index in [0.29, 0.717) is 30.1 Å². The van der Waals surface area contributed by atoms with Crippen molar-refractivity contribution >= 4 is 33.2 Å². The van der Waals surface area contributed by atoms with Crippen LogP contribution in [-0.4, -0.2) is 33.7 Å². The summed E-state index contributed by atoms with van der Waals surface area (Å²) < 4.78 is 25.7. The summed E-state index contributed by atoms with van der Waals surface area (Å²) in [5, 5.41) is 3.61. The lowest BCUT2D eigenvalue weighted by Crippen LogP contribution is -2.32. The molecule has 2 aromatic carbocycles. The SMILES string of the molecule is Cc1ccccc1N(CCCC(=O)NCCCc1ccc(Cl)cc1)S(C)(=O)=O. The van der Waals surface area contributed by atoms with Gasteiger partial charge in [-0.3, -0.25) is 9.10 Å². The predicted molar refractivity (Wildman–Crippen MR) is 115 cm³/mol. The van der Waals surface area contributed by atoms with Crippen molar-refractivity contribution in [2.45, 2.75) is 32.6 Å². The lowest BCUT2D eigenvalue weighted by Gasteiger charge is -2.24. The van der Waals surface area contributed by atoms with Crippen LogP contribution in [0.2, 0.25) is 5.02 Å². The fraction of sp³-hybridized carbons (Fsp3) is 0.381. The van der Waals surface area contributed by atoms with Crippen LogP contribution >= 0.6 is 11.6 Å². The first kappa shape index (κ1) is 22.2. The van der Waals surface area contributed by atoms with Crippen molar-refractivity contribution in [3.63, 3.8) is 0 Å². The molecule has 0 radical (unpaired) electrons. The van der Waals surface area contributed by atoms with Gasteiger partial charge >= 0.3 is 0 Å². The highest BCUT2D eigenvalue weighted by atomic mass is 35.5. The van der Waals surface area contributed by atoms with E-state index in [0.717, 1.165) is 18.4 Å². The summed E-state index contributed by atoms with van der Waals surface area (Å²) in [6.45, 7) is 2.75. The maximum atomic E-state index is 12.1. The van der Waals surface area contributed by atoms with Crippen molar-refractivity contribution in [1.82, 2.24) is 5.32 Å². The number of nitrogens with zero attached hydrogens (tertiary/aromatic N) is 1. The first-order valence-electron chi connectivity index (χ1n) is 9.32. The highest BCUT2D eigenvalue weighted by Gasteiger charge is 2.18. The van der Waals surface area contributed by atoms with E-state index < -0.39 is 10.0 Å². The Morgan fingerprint density at radius 3 is 2.39 bits per heavy atom. The first-order chi connectivity index (χ1) is 13.3. The summed E-state index contributed by atoms with van der Waals surface area (Å²) >= 11 is 5.86. The lowest BCUT2D eigenvalue weighted by atomic mass is 10.1. The molecule has 0 atom stereocenters. The number of nitrogens with one attached hydrogen (secondary N) is 1. The number of benzene rings is 2. The summed E-state index contributed by atoms with van der Waals surface area (Å²) in [5.74, 6) is -0.0608. The quantitative estimate of drug-likeness (QED) is 0.589. The Morgan fingerprint density at radius 1 is 1.07 bits per heavy atom. The number of para-hydroxylation sites is 1. The summed E-state index contributed by atoms with van der Waals surface area (Å²) in [6, 6.07) is 15.0. The normalized spacial score (nSPS) is 11.2. The number of hydrogen-bond acceptors (Lipinski definition) is 3. The van der Waals surface area contributed by atoms with Crippen molar-refractivity contribution < 1.29 is 13.2 Å². The van der Waals surface area contributed by atoms with Gasteiger partial charge in [0.15, 0.2) is 0 Å². The number of rotatable bonds is 10. The molecule has 2 aromatic rings. The third kappa shape index (κ3) is 7.17. The van der Waals surface area contributed by atoms with Crippen molar-refractivity contribution in [3.8, 4) is 0 Å². The van der Waals surface area contributed by atoms with Crippen LogP contribution in [0, 0.1) is 6.92 Å². The zero-order valence-corrected chi connectivity index (χ0v) is 17.9. The molecule has 0 fully saturated rings. The molecule has 0 aliphatic rings. The maximum Gasteiger partial charge on any atom is 0.232 e. The smallest absolute Gasteiger partial charge is 0.232 e. The fourth-order valence-electron chi connectivity index (χ4n) is 2.95. The Morgan fingerprint density at radius 2 is 1.75 bits per heavy atom. The van der Waals surface area contributed by atoms with Crippen LogP contribution in [-0.2, 0) is 21.2 Å². The second-order valence-electron chi connectivity index (χ2n) is 6.81. The number of sulfonamides is 1. The van der Waals surface area contributed by atoms with Gasteiger partial charge in [0.1, 0.15) is 0 Å². The number of hydrogen-bond donors (Lipinski definition) is 1. The van der Waals surface area contributed by atoms with Crippen LogP contribution in [0.25, 0.3) is 0 Å². The van der Waals surface area contributed by atoms with Crippen LogP contribution in [0.5, 0.6) is 0 Å². The van der Waals surface area contributed by atoms with E-state index in [1.165, 1.54) is 16.1 Å². The van der Waals surface area contributed by atoms with Crippen molar-refractivity contribution in [1.29, 1.82) is 0 Å². The van der Waals surface area contributed by atoms with Gasteiger partial charge < -0.3 is 5.32 Å². The molecule has 7 heteroatoms. The monoisotopic (exact) mass is 422 g/mol. The van der Waals surface area contributed by atoms with Gasteiger partial charge in [-0.25, -0.2) is 8.42 Å². The minimum Gasteiger partial charge on any atom is -0.356 e. The van der Waals surface area contributed by atoms with Gasteiger partial charge in [-0.15, -0.1) is 0 Å². The molecule has 0 saturated carbocycles. The highest BCUT2D eigenvalue weighted by Crippen LogP contribution is 2.22. The van der Waals surface area contributed by atoms with E-state index in [4.69, 9.17) is 11.6 Å². The standard InChI is InChI=1S/C21H27ClN2O3S/c1-17-7-3-4-9-20(17)24(28(2,26)27)16-6-10-21(25)23-15-5-8-18-11-13-19(22)14-12-18/h3-4,7,9,11-14H,5-6,8,10,15-16H2,1-2H3,(H,23,25). The molecule has 5 nitrogen and oxygen atoms in total. The molecule has 0 bridgehead atoms. The average molecular weight is 423 g/mol. The maximum absolute atomic E-state index is 12.1. The summed E-state index contributed by atoms with van der Waals surface area (Å²) in [5.41, 5.74) is 2.73. The van der Waals surface area contributed by atoms with Crippen molar-refractivity contribution in [2.75, 3.05) is 23.7 Å². The third-order valence-corrected chi connectivity index (χ3v) is 5.86. The molecule has 0 aliphatic heterocycles. The molecule has 0 saturated heterocycles. The topological polar surface area (TPSA) is 66.5 Å². The van der Waals surface area contributed by atoms with Gasteiger partial charge in [0.05, 0.1) is 11.9 Å². The second kappa shape index (κ2) is 10.5. The summed E-state index contributed by atoms with van der Waals surface area (Å²) in [6.07, 6.45) is 3.65. The van der Waals surface area contributed by atoms with E-state index in [1.54, 1.807) is 6.07 Å². The van der Waals surface area contributed by atoms with Gasteiger partial charge in [0, 0.05) is 24.5 Å². The molecular formula is C21H27ClN2O3S. The number of aryl methyl sites for hydroxylation is 2. The predicted octanol–water partition coefficient (Wildman–Crippen LogP) is 3.94. The Balaban J connectivity index is 1.75. The zero-order valence-electron chi connectivity index (χ0n) is 16.3. The number of halogens is 1. The van der Waals surface area contributed by atoms with Crippen LogP contribution < -0.4 is 9.62 Å². The molecule has 152 valence electrons. The number of amides is 1. The van der Waals surface area contributed by atoms with Gasteiger partial charge in [0.25, 0.3) is 0 Å².